The quantitative estimate of drug-likeness (QED) is 0.250. The Balaban J connectivity index is 2.15. The monoisotopic (exact) mass is 506 g/mol. The minimum atomic E-state index is -1.94. The average molecular weight is 507 g/mol. The summed E-state index contributed by atoms with van der Waals surface area (Å²) < 4.78 is 23.4. The molecule has 0 amide bonds. The summed E-state index contributed by atoms with van der Waals surface area (Å²) >= 11 is 0. The van der Waals surface area contributed by atoms with E-state index in [1.165, 1.54) is 13.8 Å². The van der Waals surface area contributed by atoms with E-state index in [0.29, 0.717) is 12.0 Å². The van der Waals surface area contributed by atoms with Crippen LogP contribution < -0.4 is 0 Å². The number of hydrogen-bond donors (Lipinski definition) is 1. The first-order valence-electron chi connectivity index (χ1n) is 12.5. The summed E-state index contributed by atoms with van der Waals surface area (Å²) in [5.74, 6) is -4.88. The third-order valence-corrected chi connectivity index (χ3v) is 8.08. The molecule has 1 aliphatic heterocycles. The maximum Gasteiger partial charge on any atom is 0.338 e. The Morgan fingerprint density at radius 3 is 2.42 bits per heavy atom. The third-order valence-electron chi connectivity index (χ3n) is 8.08. The fourth-order valence-electron chi connectivity index (χ4n) is 5.88. The lowest BCUT2D eigenvalue weighted by molar-refractivity contribution is -0.183. The molecule has 9 atom stereocenters. The van der Waals surface area contributed by atoms with Crippen molar-refractivity contribution in [3.8, 4) is 0 Å². The van der Waals surface area contributed by atoms with Crippen molar-refractivity contribution in [3.05, 3.63) is 23.3 Å². The predicted octanol–water partition coefficient (Wildman–Crippen LogP) is 3.03. The molecule has 3 rings (SSSR count). The summed E-state index contributed by atoms with van der Waals surface area (Å²) in [5.41, 5.74) is -2.02. The average Bonchev–Trinajstić information content (AvgIpc) is 3.19. The van der Waals surface area contributed by atoms with Gasteiger partial charge in [-0.05, 0) is 47.1 Å². The molecule has 1 saturated heterocycles. The van der Waals surface area contributed by atoms with E-state index in [4.69, 9.17) is 18.9 Å². The van der Waals surface area contributed by atoms with Crippen molar-refractivity contribution in [1.29, 1.82) is 0 Å². The number of rotatable bonds is 6. The van der Waals surface area contributed by atoms with Gasteiger partial charge in [0.05, 0.1) is 11.8 Å². The van der Waals surface area contributed by atoms with Crippen molar-refractivity contribution < 1.29 is 43.2 Å². The second-order valence-corrected chi connectivity index (χ2v) is 10.7. The van der Waals surface area contributed by atoms with Crippen molar-refractivity contribution in [3.63, 3.8) is 0 Å². The predicted molar refractivity (Wildman–Crippen MR) is 128 cm³/mol. The molecule has 1 heterocycles. The number of aliphatic hydroxyl groups is 1. The first-order chi connectivity index (χ1) is 16.7. The van der Waals surface area contributed by atoms with E-state index in [1.807, 2.05) is 13.8 Å². The zero-order valence-corrected chi connectivity index (χ0v) is 22.3. The van der Waals surface area contributed by atoms with Gasteiger partial charge in [-0.15, -0.1) is 0 Å². The Kier molecular flexibility index (Phi) is 7.75. The van der Waals surface area contributed by atoms with Gasteiger partial charge >= 0.3 is 23.9 Å². The Bertz CT molecular complexity index is 993. The van der Waals surface area contributed by atoms with Crippen molar-refractivity contribution in [2.75, 3.05) is 0 Å². The smallest absolute Gasteiger partial charge is 0.338 e. The van der Waals surface area contributed by atoms with E-state index in [0.717, 1.165) is 5.57 Å². The molecule has 9 nitrogen and oxygen atoms in total. The summed E-state index contributed by atoms with van der Waals surface area (Å²) in [6, 6.07) is 0. The van der Waals surface area contributed by atoms with Crippen molar-refractivity contribution >= 4 is 23.9 Å². The highest BCUT2D eigenvalue weighted by atomic mass is 16.6. The summed E-state index contributed by atoms with van der Waals surface area (Å²) in [6.45, 7) is 13.1. The molecule has 0 radical (unpaired) electrons. The van der Waals surface area contributed by atoms with Crippen LogP contribution in [0.4, 0.5) is 0 Å². The van der Waals surface area contributed by atoms with Gasteiger partial charge in [-0.2, -0.15) is 0 Å². The maximum absolute atomic E-state index is 12.9. The summed E-state index contributed by atoms with van der Waals surface area (Å²) in [7, 11) is 0. The summed E-state index contributed by atoms with van der Waals surface area (Å²) in [4.78, 5) is 50.7. The molecule has 1 saturated carbocycles. The Labute approximate surface area is 212 Å². The van der Waals surface area contributed by atoms with E-state index in [-0.39, 0.29) is 6.42 Å². The van der Waals surface area contributed by atoms with Crippen LogP contribution in [0.5, 0.6) is 0 Å². The van der Waals surface area contributed by atoms with E-state index in [2.05, 4.69) is 0 Å². The number of esters is 4. The minimum absolute atomic E-state index is 0.0123. The van der Waals surface area contributed by atoms with Gasteiger partial charge in [-0.1, -0.05) is 25.5 Å². The molecule has 9 heteroatoms. The molecule has 2 aliphatic carbocycles. The number of hydrogen-bond acceptors (Lipinski definition) is 9. The molecule has 0 aromatic rings. The number of allylic oxidation sites excluding steroid dienone is 1. The highest BCUT2D eigenvalue weighted by molar-refractivity contribution is 5.88. The van der Waals surface area contributed by atoms with Crippen molar-refractivity contribution in [2.24, 2.45) is 23.7 Å². The zero-order chi connectivity index (χ0) is 27.2. The van der Waals surface area contributed by atoms with Gasteiger partial charge < -0.3 is 24.1 Å². The molecule has 0 aromatic carbocycles. The van der Waals surface area contributed by atoms with E-state index in [9.17, 15) is 24.3 Å². The number of carbonyl (C=O) groups excluding carboxylic acids is 4. The maximum atomic E-state index is 12.9. The Morgan fingerprint density at radius 1 is 1.22 bits per heavy atom. The van der Waals surface area contributed by atoms with Crippen LogP contribution in [0.3, 0.4) is 0 Å². The van der Waals surface area contributed by atoms with Crippen LogP contribution in [0.2, 0.25) is 0 Å². The standard InChI is InChI=1S/C27H38O9/c1-9-13(3)23(29)33-17-11-15(5)19-20(17)26(7,36-16(6)28)12-18(34-24(30)14(4)10-2)21-22(19)35-25(31)27(21,8)32/h9,11,14,17-22,32H,10,12H2,1-8H3. The zero-order valence-electron chi connectivity index (χ0n) is 22.3. The molecule has 200 valence electrons. The number of ether oxygens (including phenoxy) is 4. The third kappa shape index (κ3) is 4.82. The van der Waals surface area contributed by atoms with Crippen molar-refractivity contribution in [2.45, 2.75) is 97.7 Å². The van der Waals surface area contributed by atoms with E-state index >= 15 is 0 Å². The van der Waals surface area contributed by atoms with Gasteiger partial charge in [0.25, 0.3) is 0 Å². The molecule has 36 heavy (non-hydrogen) atoms. The minimum Gasteiger partial charge on any atom is -0.461 e. The first-order valence-corrected chi connectivity index (χ1v) is 12.5. The Morgan fingerprint density at radius 2 is 1.86 bits per heavy atom. The van der Waals surface area contributed by atoms with Crippen LogP contribution in [0, 0.1) is 23.7 Å². The first kappa shape index (κ1) is 27.9. The second kappa shape index (κ2) is 10.00. The van der Waals surface area contributed by atoms with Gasteiger partial charge in [-0.3, -0.25) is 9.59 Å². The highest BCUT2D eigenvalue weighted by Crippen LogP contribution is 2.55. The van der Waals surface area contributed by atoms with Crippen LogP contribution in [0.25, 0.3) is 0 Å². The fourth-order valence-corrected chi connectivity index (χ4v) is 5.88. The van der Waals surface area contributed by atoms with Crippen LogP contribution in [-0.4, -0.2) is 58.5 Å². The van der Waals surface area contributed by atoms with Gasteiger partial charge in [-0.25, -0.2) is 9.59 Å². The Hall–Kier alpha value is -2.68. The lowest BCUT2D eigenvalue weighted by atomic mass is 9.74. The molecule has 9 unspecified atom stereocenters. The number of fused-ring (bicyclic) bond motifs is 3. The molecular weight excluding hydrogens is 468 g/mol. The van der Waals surface area contributed by atoms with Crippen LogP contribution in [0.1, 0.15) is 68.2 Å². The van der Waals surface area contributed by atoms with Gasteiger partial charge in [0.2, 0.25) is 0 Å². The topological polar surface area (TPSA) is 125 Å². The molecule has 0 aromatic heterocycles. The van der Waals surface area contributed by atoms with Crippen molar-refractivity contribution in [1.82, 2.24) is 0 Å². The molecule has 0 bridgehead atoms. The molecule has 2 fully saturated rings. The molecule has 1 N–H and O–H groups in total. The normalized spacial score (nSPS) is 38.6. The number of carbonyl (C=O) groups is 4. The summed E-state index contributed by atoms with van der Waals surface area (Å²) in [5, 5.41) is 11.3. The van der Waals surface area contributed by atoms with Gasteiger partial charge in [0, 0.05) is 30.8 Å². The van der Waals surface area contributed by atoms with E-state index in [1.54, 1.807) is 39.8 Å². The molecular formula is C27H38O9. The van der Waals surface area contributed by atoms with Crippen LogP contribution in [-0.2, 0) is 38.1 Å². The van der Waals surface area contributed by atoms with Crippen LogP contribution >= 0.6 is 0 Å². The summed E-state index contributed by atoms with van der Waals surface area (Å²) in [6.07, 6.45) is 1.28. The van der Waals surface area contributed by atoms with Gasteiger partial charge in [0.15, 0.2) is 5.60 Å². The lowest BCUT2D eigenvalue weighted by Gasteiger charge is -2.40. The fraction of sp³-hybridized carbons (Fsp3) is 0.704. The molecule has 0 spiro atoms. The van der Waals surface area contributed by atoms with E-state index < -0.39 is 77.1 Å². The SMILES string of the molecule is CC=C(C)C(=O)OC1C=C(C)C2C3OC(=O)C(C)(O)C3C(OC(=O)C(C)CC)CC(C)(OC(C)=O)C12. The van der Waals surface area contributed by atoms with Gasteiger partial charge in [0.1, 0.15) is 23.9 Å². The van der Waals surface area contributed by atoms with Crippen LogP contribution in [0.15, 0.2) is 23.3 Å². The second-order valence-electron chi connectivity index (χ2n) is 10.7. The molecule has 3 aliphatic rings. The lowest BCUT2D eigenvalue weighted by Crippen LogP contribution is -2.50. The largest absolute Gasteiger partial charge is 0.461 e. The highest BCUT2D eigenvalue weighted by Gasteiger charge is 2.68.